The average molecular weight is 325 g/mol. The van der Waals surface area contributed by atoms with Crippen molar-refractivity contribution < 1.29 is 0 Å². The number of benzene rings is 1. The number of halogens is 1. The molecule has 19 heavy (non-hydrogen) atoms. The Morgan fingerprint density at radius 2 is 2.05 bits per heavy atom. The molecule has 1 aromatic carbocycles. The first kappa shape index (κ1) is 15.0. The Labute approximate surface area is 125 Å². The minimum atomic E-state index is 0.475. The maximum atomic E-state index is 3.75. The number of nitrogens with one attached hydrogen (secondary N) is 1. The van der Waals surface area contributed by atoms with Gasteiger partial charge in [-0.3, -0.25) is 0 Å². The molecule has 0 spiro atoms. The zero-order valence-corrected chi connectivity index (χ0v) is 13.6. The van der Waals surface area contributed by atoms with Gasteiger partial charge in [-0.1, -0.05) is 41.4 Å². The maximum Gasteiger partial charge on any atom is 0.0318 e. The molecule has 0 aromatic heterocycles. The highest BCUT2D eigenvalue weighted by Gasteiger charge is 2.19. The lowest BCUT2D eigenvalue weighted by Gasteiger charge is -2.33. The molecule has 0 bridgehead atoms. The Morgan fingerprint density at radius 3 is 2.68 bits per heavy atom. The average Bonchev–Trinajstić information content (AvgIpc) is 2.43. The zero-order chi connectivity index (χ0) is 13.7. The van der Waals surface area contributed by atoms with Gasteiger partial charge < -0.3 is 10.2 Å². The van der Waals surface area contributed by atoms with E-state index >= 15 is 0 Å². The third-order valence-electron chi connectivity index (χ3n) is 4.20. The van der Waals surface area contributed by atoms with E-state index in [2.05, 4.69) is 64.4 Å². The van der Waals surface area contributed by atoms with Crippen molar-refractivity contribution in [1.82, 2.24) is 10.2 Å². The van der Waals surface area contributed by atoms with Gasteiger partial charge in [-0.25, -0.2) is 0 Å². The molecule has 2 rings (SSSR count). The normalized spacial score (nSPS) is 22.4. The number of rotatable bonds is 5. The van der Waals surface area contributed by atoms with Crippen molar-refractivity contribution in [1.29, 1.82) is 0 Å². The Bertz CT molecular complexity index is 377. The molecule has 0 radical (unpaired) electrons. The predicted molar refractivity (Wildman–Crippen MR) is 85.4 cm³/mol. The second-order valence-electron chi connectivity index (χ2n) is 5.55. The molecule has 0 saturated carbocycles. The monoisotopic (exact) mass is 324 g/mol. The van der Waals surface area contributed by atoms with Gasteiger partial charge in [0.25, 0.3) is 0 Å². The van der Waals surface area contributed by atoms with Crippen LogP contribution in [-0.2, 0) is 0 Å². The van der Waals surface area contributed by atoms with Crippen molar-refractivity contribution >= 4 is 15.9 Å². The number of hydrogen-bond donors (Lipinski definition) is 1. The first-order chi connectivity index (χ1) is 9.20. The Morgan fingerprint density at radius 1 is 1.32 bits per heavy atom. The van der Waals surface area contributed by atoms with Gasteiger partial charge in [0, 0.05) is 23.1 Å². The summed E-state index contributed by atoms with van der Waals surface area (Å²) in [6.07, 6.45) is 5.21. The van der Waals surface area contributed by atoms with Crippen LogP contribution in [0.3, 0.4) is 0 Å². The summed E-state index contributed by atoms with van der Waals surface area (Å²) >= 11 is 3.50. The lowest BCUT2D eigenvalue weighted by molar-refractivity contribution is 0.177. The van der Waals surface area contributed by atoms with E-state index in [1.54, 1.807) is 0 Å². The fourth-order valence-electron chi connectivity index (χ4n) is 2.87. The van der Waals surface area contributed by atoms with Crippen LogP contribution in [0.25, 0.3) is 0 Å². The minimum absolute atomic E-state index is 0.475. The van der Waals surface area contributed by atoms with Gasteiger partial charge in [-0.05, 0) is 50.6 Å². The van der Waals surface area contributed by atoms with Crippen molar-refractivity contribution in [3.8, 4) is 0 Å². The summed E-state index contributed by atoms with van der Waals surface area (Å²) in [4.78, 5) is 2.50. The second kappa shape index (κ2) is 7.41. The van der Waals surface area contributed by atoms with E-state index in [1.807, 2.05) is 0 Å². The summed E-state index contributed by atoms with van der Waals surface area (Å²) in [6, 6.07) is 9.88. The highest BCUT2D eigenvalue weighted by molar-refractivity contribution is 9.10. The van der Waals surface area contributed by atoms with E-state index in [-0.39, 0.29) is 0 Å². The number of nitrogens with zero attached hydrogens (tertiary/aromatic N) is 1. The molecule has 2 nitrogen and oxygen atoms in total. The third kappa shape index (κ3) is 4.30. The summed E-state index contributed by atoms with van der Waals surface area (Å²) in [6.45, 7) is 4.61. The molecule has 1 aliphatic rings. The summed E-state index contributed by atoms with van der Waals surface area (Å²) < 4.78 is 1.15. The van der Waals surface area contributed by atoms with Crippen molar-refractivity contribution in [3.05, 3.63) is 34.3 Å². The number of likely N-dealkylation sites (N-methyl/N-ethyl adjacent to an activating group) is 1. The van der Waals surface area contributed by atoms with Crippen molar-refractivity contribution in [2.75, 3.05) is 20.1 Å². The summed E-state index contributed by atoms with van der Waals surface area (Å²) in [5.74, 6) is 0. The van der Waals surface area contributed by atoms with Crippen molar-refractivity contribution in [3.63, 3.8) is 0 Å². The van der Waals surface area contributed by atoms with Gasteiger partial charge in [-0.2, -0.15) is 0 Å². The lowest BCUT2D eigenvalue weighted by Crippen LogP contribution is -2.43. The van der Waals surface area contributed by atoms with E-state index in [1.165, 1.54) is 31.4 Å². The second-order valence-corrected chi connectivity index (χ2v) is 6.47. The third-order valence-corrected chi connectivity index (χ3v) is 4.73. The molecule has 1 aromatic rings. The Hall–Kier alpha value is -0.380. The summed E-state index contributed by atoms with van der Waals surface area (Å²) in [5.41, 5.74) is 1.39. The molecule has 0 amide bonds. The van der Waals surface area contributed by atoms with Crippen LogP contribution in [0, 0.1) is 0 Å². The van der Waals surface area contributed by atoms with Crippen LogP contribution in [0.5, 0.6) is 0 Å². The highest BCUT2D eigenvalue weighted by atomic mass is 79.9. The summed E-state index contributed by atoms with van der Waals surface area (Å²) in [5, 5.41) is 3.75. The number of piperidine rings is 1. The molecule has 1 saturated heterocycles. The SMILES string of the molecule is CCC(NCC1CCCCN1C)c1ccc(Br)cc1. The first-order valence-corrected chi connectivity index (χ1v) is 8.19. The minimum Gasteiger partial charge on any atom is -0.308 e. The van der Waals surface area contributed by atoms with E-state index in [0.717, 1.165) is 17.4 Å². The Balaban J connectivity index is 1.90. The quantitative estimate of drug-likeness (QED) is 0.881. The molecule has 106 valence electrons. The molecule has 0 aliphatic carbocycles. The largest absolute Gasteiger partial charge is 0.308 e. The van der Waals surface area contributed by atoms with Crippen LogP contribution in [-0.4, -0.2) is 31.1 Å². The van der Waals surface area contributed by atoms with Crippen LogP contribution < -0.4 is 5.32 Å². The fraction of sp³-hybridized carbons (Fsp3) is 0.625. The fourth-order valence-corrected chi connectivity index (χ4v) is 3.14. The van der Waals surface area contributed by atoms with Gasteiger partial charge in [0.05, 0.1) is 0 Å². The molecular formula is C16H25BrN2. The van der Waals surface area contributed by atoms with Crippen molar-refractivity contribution in [2.45, 2.75) is 44.7 Å². The molecule has 1 fully saturated rings. The van der Waals surface area contributed by atoms with Gasteiger partial charge in [0.1, 0.15) is 0 Å². The smallest absolute Gasteiger partial charge is 0.0318 e. The molecule has 2 atom stereocenters. The van der Waals surface area contributed by atoms with E-state index in [9.17, 15) is 0 Å². The van der Waals surface area contributed by atoms with Crippen LogP contribution in [0.15, 0.2) is 28.7 Å². The Kier molecular flexibility index (Phi) is 5.86. The number of likely N-dealkylation sites (tertiary alicyclic amines) is 1. The van der Waals surface area contributed by atoms with Gasteiger partial charge >= 0.3 is 0 Å². The predicted octanol–water partition coefficient (Wildman–Crippen LogP) is 3.97. The zero-order valence-electron chi connectivity index (χ0n) is 12.0. The van der Waals surface area contributed by atoms with Gasteiger partial charge in [-0.15, -0.1) is 0 Å². The molecule has 1 N–H and O–H groups in total. The molecule has 3 heteroatoms. The van der Waals surface area contributed by atoms with Gasteiger partial charge in [0.2, 0.25) is 0 Å². The topological polar surface area (TPSA) is 15.3 Å². The van der Waals surface area contributed by atoms with E-state index in [4.69, 9.17) is 0 Å². The highest BCUT2D eigenvalue weighted by Crippen LogP contribution is 2.21. The standard InChI is InChI=1S/C16H25BrN2/c1-3-16(13-7-9-14(17)10-8-13)18-12-15-6-4-5-11-19(15)2/h7-10,15-16,18H,3-6,11-12H2,1-2H3. The number of hydrogen-bond acceptors (Lipinski definition) is 2. The van der Waals surface area contributed by atoms with Crippen LogP contribution >= 0.6 is 15.9 Å². The molecule has 2 unspecified atom stereocenters. The molecular weight excluding hydrogens is 300 g/mol. The van der Waals surface area contributed by atoms with E-state index < -0.39 is 0 Å². The molecule has 1 aliphatic heterocycles. The van der Waals surface area contributed by atoms with Crippen LogP contribution in [0.2, 0.25) is 0 Å². The maximum absolute atomic E-state index is 3.75. The van der Waals surface area contributed by atoms with Crippen LogP contribution in [0.4, 0.5) is 0 Å². The van der Waals surface area contributed by atoms with Crippen LogP contribution in [0.1, 0.15) is 44.2 Å². The first-order valence-electron chi connectivity index (χ1n) is 7.39. The summed E-state index contributed by atoms with van der Waals surface area (Å²) in [7, 11) is 2.26. The molecule has 1 heterocycles. The lowest BCUT2D eigenvalue weighted by atomic mass is 10.0. The van der Waals surface area contributed by atoms with E-state index in [0.29, 0.717) is 12.1 Å². The van der Waals surface area contributed by atoms with Crippen molar-refractivity contribution in [2.24, 2.45) is 0 Å². The van der Waals surface area contributed by atoms with Gasteiger partial charge in [0.15, 0.2) is 0 Å².